The normalized spacial score (nSPS) is 16.4. The molecular formula is C26H30N2O. The summed E-state index contributed by atoms with van der Waals surface area (Å²) in [7, 11) is 0. The third-order valence-corrected chi connectivity index (χ3v) is 6.48. The van der Waals surface area contributed by atoms with Crippen molar-refractivity contribution in [2.45, 2.75) is 45.4 Å². The zero-order valence-corrected chi connectivity index (χ0v) is 17.4. The molecule has 1 aliphatic carbocycles. The Morgan fingerprint density at radius 2 is 1.76 bits per heavy atom. The van der Waals surface area contributed by atoms with Crippen LogP contribution in [0, 0.1) is 6.92 Å². The molecule has 0 spiro atoms. The molecule has 2 aliphatic rings. The lowest BCUT2D eigenvalue weighted by molar-refractivity contribution is 0.262. The fourth-order valence-electron chi connectivity index (χ4n) is 4.97. The Balaban J connectivity index is 1.43. The number of likely N-dealkylation sites (tertiary alicyclic amines) is 1. The average molecular weight is 387 g/mol. The molecule has 0 saturated carbocycles. The van der Waals surface area contributed by atoms with Crippen molar-refractivity contribution in [3.8, 4) is 17.0 Å². The predicted octanol–water partition coefficient (Wildman–Crippen LogP) is 5.56. The zero-order valence-electron chi connectivity index (χ0n) is 17.4. The molecule has 2 heterocycles. The fourth-order valence-corrected chi connectivity index (χ4v) is 4.97. The maximum atomic E-state index is 6.20. The summed E-state index contributed by atoms with van der Waals surface area (Å²) < 4.78 is 6.20. The van der Waals surface area contributed by atoms with E-state index in [1.807, 2.05) is 0 Å². The van der Waals surface area contributed by atoms with E-state index < -0.39 is 0 Å². The van der Waals surface area contributed by atoms with E-state index in [0.29, 0.717) is 0 Å². The molecular weight excluding hydrogens is 356 g/mol. The maximum absolute atomic E-state index is 6.20. The Kier molecular flexibility index (Phi) is 5.24. The highest BCUT2D eigenvalue weighted by Gasteiger charge is 2.21. The van der Waals surface area contributed by atoms with Gasteiger partial charge in [-0.2, -0.15) is 0 Å². The van der Waals surface area contributed by atoms with Gasteiger partial charge in [0.15, 0.2) is 0 Å². The Morgan fingerprint density at radius 3 is 2.59 bits per heavy atom. The first-order chi connectivity index (χ1) is 14.3. The van der Waals surface area contributed by atoms with Crippen molar-refractivity contribution in [1.29, 1.82) is 0 Å². The van der Waals surface area contributed by atoms with Crippen LogP contribution in [0.15, 0.2) is 42.5 Å². The number of ether oxygens (including phenoxy) is 1. The number of hydrogen-bond acceptors (Lipinski definition) is 3. The van der Waals surface area contributed by atoms with E-state index in [-0.39, 0.29) is 0 Å². The molecule has 3 nitrogen and oxygen atoms in total. The average Bonchev–Trinajstić information content (AvgIpc) is 3.44. The molecule has 150 valence electrons. The van der Waals surface area contributed by atoms with Crippen LogP contribution in [0.2, 0.25) is 0 Å². The van der Waals surface area contributed by atoms with Crippen LogP contribution in [0.5, 0.6) is 5.75 Å². The predicted molar refractivity (Wildman–Crippen MR) is 120 cm³/mol. The number of fused-ring (bicyclic) bond motifs is 3. The number of aromatic nitrogens is 1. The molecule has 0 radical (unpaired) electrons. The van der Waals surface area contributed by atoms with Gasteiger partial charge >= 0.3 is 0 Å². The molecule has 0 atom stereocenters. The van der Waals surface area contributed by atoms with Gasteiger partial charge in [-0.1, -0.05) is 30.3 Å². The Hall–Kier alpha value is -2.39. The molecule has 2 aromatic carbocycles. The van der Waals surface area contributed by atoms with Crippen LogP contribution in [0.3, 0.4) is 0 Å². The number of benzene rings is 2. The summed E-state index contributed by atoms with van der Waals surface area (Å²) in [6.45, 7) is 6.61. The van der Waals surface area contributed by atoms with Gasteiger partial charge < -0.3 is 9.64 Å². The van der Waals surface area contributed by atoms with Crippen LogP contribution < -0.4 is 4.74 Å². The Labute approximate surface area is 173 Å². The Bertz CT molecular complexity index is 1010. The van der Waals surface area contributed by atoms with Crippen molar-refractivity contribution in [2.75, 3.05) is 26.2 Å². The number of pyridine rings is 1. The molecule has 1 aliphatic heterocycles. The minimum Gasteiger partial charge on any atom is -0.493 e. The molecule has 5 rings (SSSR count). The summed E-state index contributed by atoms with van der Waals surface area (Å²) >= 11 is 0. The van der Waals surface area contributed by atoms with Gasteiger partial charge in [-0.15, -0.1) is 0 Å². The van der Waals surface area contributed by atoms with E-state index in [9.17, 15) is 0 Å². The largest absolute Gasteiger partial charge is 0.493 e. The summed E-state index contributed by atoms with van der Waals surface area (Å²) in [4.78, 5) is 7.67. The van der Waals surface area contributed by atoms with Crippen molar-refractivity contribution in [3.63, 3.8) is 0 Å². The second-order valence-corrected chi connectivity index (χ2v) is 8.52. The molecule has 3 heteroatoms. The molecule has 1 saturated heterocycles. The third kappa shape index (κ3) is 3.76. The SMILES string of the molecule is Cc1cc2c3c(c(-c4ccccc4)nc2cc1OCCCN1CCCC1)CCC3. The Morgan fingerprint density at radius 1 is 0.966 bits per heavy atom. The van der Waals surface area contributed by atoms with E-state index in [2.05, 4.69) is 54.3 Å². The monoisotopic (exact) mass is 386 g/mol. The molecule has 0 unspecified atom stereocenters. The van der Waals surface area contributed by atoms with E-state index >= 15 is 0 Å². The van der Waals surface area contributed by atoms with Crippen molar-refractivity contribution >= 4 is 10.9 Å². The summed E-state index contributed by atoms with van der Waals surface area (Å²) in [6, 6.07) is 15.1. The summed E-state index contributed by atoms with van der Waals surface area (Å²) in [6.07, 6.45) is 7.31. The maximum Gasteiger partial charge on any atom is 0.124 e. The highest BCUT2D eigenvalue weighted by molar-refractivity contribution is 5.89. The second-order valence-electron chi connectivity index (χ2n) is 8.52. The lowest BCUT2D eigenvalue weighted by Crippen LogP contribution is -2.21. The van der Waals surface area contributed by atoms with Crippen LogP contribution in [-0.2, 0) is 12.8 Å². The molecule has 0 bridgehead atoms. The van der Waals surface area contributed by atoms with Gasteiger partial charge in [-0.25, -0.2) is 4.98 Å². The van der Waals surface area contributed by atoms with Crippen molar-refractivity contribution < 1.29 is 4.74 Å². The summed E-state index contributed by atoms with van der Waals surface area (Å²) in [5, 5.41) is 1.32. The minimum absolute atomic E-state index is 0.777. The first-order valence-corrected chi connectivity index (χ1v) is 11.2. The van der Waals surface area contributed by atoms with E-state index in [1.165, 1.54) is 60.0 Å². The van der Waals surface area contributed by atoms with Gasteiger partial charge in [0.05, 0.1) is 17.8 Å². The first-order valence-electron chi connectivity index (χ1n) is 11.2. The fraction of sp³-hybridized carbons (Fsp3) is 0.423. The topological polar surface area (TPSA) is 25.4 Å². The number of aryl methyl sites for hydroxylation is 2. The second kappa shape index (κ2) is 8.16. The number of rotatable bonds is 6. The van der Waals surface area contributed by atoms with Gasteiger partial charge in [0, 0.05) is 23.6 Å². The third-order valence-electron chi connectivity index (χ3n) is 6.48. The van der Waals surface area contributed by atoms with Gasteiger partial charge in [0.25, 0.3) is 0 Å². The lowest BCUT2D eigenvalue weighted by Gasteiger charge is -2.16. The van der Waals surface area contributed by atoms with Crippen LogP contribution in [0.25, 0.3) is 22.2 Å². The first kappa shape index (κ1) is 18.6. The van der Waals surface area contributed by atoms with E-state index in [1.54, 1.807) is 0 Å². The van der Waals surface area contributed by atoms with Crippen LogP contribution in [0.4, 0.5) is 0 Å². The van der Waals surface area contributed by atoms with Gasteiger partial charge in [0.2, 0.25) is 0 Å². The van der Waals surface area contributed by atoms with E-state index in [4.69, 9.17) is 9.72 Å². The summed E-state index contributed by atoms with van der Waals surface area (Å²) in [5.74, 6) is 0.989. The zero-order chi connectivity index (χ0) is 19.6. The molecule has 1 fully saturated rings. The molecule has 1 aromatic heterocycles. The van der Waals surface area contributed by atoms with Crippen molar-refractivity contribution in [3.05, 3.63) is 59.2 Å². The van der Waals surface area contributed by atoms with Crippen molar-refractivity contribution in [2.24, 2.45) is 0 Å². The van der Waals surface area contributed by atoms with Crippen LogP contribution in [0.1, 0.15) is 42.4 Å². The van der Waals surface area contributed by atoms with E-state index in [0.717, 1.165) is 49.4 Å². The van der Waals surface area contributed by atoms with Gasteiger partial charge in [-0.3, -0.25) is 0 Å². The standard InChI is InChI=1S/C26H30N2O/c1-19-17-23-21-11-7-12-22(21)26(20-9-3-2-4-10-20)27-24(23)18-25(19)29-16-8-15-28-13-5-6-14-28/h2-4,9-10,17-18H,5-8,11-16H2,1H3. The smallest absolute Gasteiger partial charge is 0.124 e. The van der Waals surface area contributed by atoms with Crippen LogP contribution >= 0.6 is 0 Å². The minimum atomic E-state index is 0.777. The van der Waals surface area contributed by atoms with Gasteiger partial charge in [0.1, 0.15) is 5.75 Å². The lowest BCUT2D eigenvalue weighted by atomic mass is 9.97. The number of hydrogen-bond donors (Lipinski definition) is 0. The molecule has 29 heavy (non-hydrogen) atoms. The molecule has 0 amide bonds. The quantitative estimate of drug-likeness (QED) is 0.518. The molecule has 3 aromatic rings. The van der Waals surface area contributed by atoms with Crippen LogP contribution in [-0.4, -0.2) is 36.1 Å². The van der Waals surface area contributed by atoms with Crippen molar-refractivity contribution in [1.82, 2.24) is 9.88 Å². The number of nitrogens with zero attached hydrogens (tertiary/aromatic N) is 2. The molecule has 0 N–H and O–H groups in total. The highest BCUT2D eigenvalue weighted by atomic mass is 16.5. The van der Waals surface area contributed by atoms with Gasteiger partial charge in [-0.05, 0) is 81.3 Å². The summed E-state index contributed by atoms with van der Waals surface area (Å²) in [5.41, 5.74) is 7.63. The highest BCUT2D eigenvalue weighted by Crippen LogP contribution is 2.37.